The van der Waals surface area contributed by atoms with Crippen molar-refractivity contribution in [2.75, 3.05) is 12.3 Å². The average molecular weight is 324 g/mol. The number of aromatic nitrogens is 1. The average Bonchev–Trinajstić information content (AvgIpc) is 2.53. The first-order valence-electron chi connectivity index (χ1n) is 8.46. The van der Waals surface area contributed by atoms with Crippen molar-refractivity contribution in [3.63, 3.8) is 0 Å². The first-order chi connectivity index (χ1) is 10.6. The maximum atomic E-state index is 11.7. The molecule has 1 aliphatic carbocycles. The van der Waals surface area contributed by atoms with E-state index in [9.17, 15) is 8.42 Å². The lowest BCUT2D eigenvalue weighted by Crippen LogP contribution is -2.32. The minimum absolute atomic E-state index is 0.197. The lowest BCUT2D eigenvalue weighted by atomic mass is 9.67. The van der Waals surface area contributed by atoms with Crippen LogP contribution in [0.1, 0.15) is 63.9 Å². The molecule has 124 valence electrons. The molecule has 1 aromatic heterocycles. The van der Waals surface area contributed by atoms with E-state index in [1.165, 1.54) is 37.7 Å². The van der Waals surface area contributed by atoms with Gasteiger partial charge in [-0.25, -0.2) is 13.1 Å². The lowest BCUT2D eigenvalue weighted by molar-refractivity contribution is 0.268. The summed E-state index contributed by atoms with van der Waals surface area (Å²) in [6, 6.07) is 4.19. The third-order valence-corrected chi connectivity index (χ3v) is 6.30. The van der Waals surface area contributed by atoms with Gasteiger partial charge in [0, 0.05) is 18.9 Å². The summed E-state index contributed by atoms with van der Waals surface area (Å²) in [6.07, 6.45) is 12.6. The molecule has 1 heterocycles. The van der Waals surface area contributed by atoms with Gasteiger partial charge in [-0.2, -0.15) is 0 Å². The highest BCUT2D eigenvalue weighted by Gasteiger charge is 2.33. The van der Waals surface area contributed by atoms with Crippen LogP contribution in [0.5, 0.6) is 0 Å². The second kappa shape index (κ2) is 8.06. The predicted octanol–water partition coefficient (Wildman–Crippen LogP) is 3.39. The molecule has 0 radical (unpaired) electrons. The number of hydrogen-bond donors (Lipinski definition) is 1. The molecule has 22 heavy (non-hydrogen) atoms. The molecule has 4 nitrogen and oxygen atoms in total. The Morgan fingerprint density at radius 1 is 1.27 bits per heavy atom. The summed E-state index contributed by atoms with van der Waals surface area (Å²) in [4.78, 5) is 4.29. The molecule has 0 aliphatic heterocycles. The van der Waals surface area contributed by atoms with Crippen LogP contribution in [-0.4, -0.2) is 25.7 Å². The molecule has 0 amide bonds. The number of sulfonamides is 1. The molecule has 1 N–H and O–H groups in total. The maximum absolute atomic E-state index is 11.7. The zero-order valence-electron chi connectivity index (χ0n) is 13.6. The minimum atomic E-state index is -3.08. The van der Waals surface area contributed by atoms with Gasteiger partial charge in [-0.15, -0.1) is 0 Å². The summed E-state index contributed by atoms with van der Waals surface area (Å²) in [5.41, 5.74) is 1.52. The Morgan fingerprint density at radius 3 is 2.68 bits per heavy atom. The first-order valence-corrected chi connectivity index (χ1v) is 10.1. The van der Waals surface area contributed by atoms with E-state index in [4.69, 9.17) is 0 Å². The molecule has 0 saturated heterocycles. The molecule has 1 aliphatic rings. The van der Waals surface area contributed by atoms with E-state index >= 15 is 0 Å². The van der Waals surface area contributed by atoms with Crippen molar-refractivity contribution >= 4 is 10.0 Å². The monoisotopic (exact) mass is 324 g/mol. The Balaban J connectivity index is 1.94. The van der Waals surface area contributed by atoms with Crippen LogP contribution in [0.25, 0.3) is 0 Å². The molecule has 0 atom stereocenters. The van der Waals surface area contributed by atoms with Crippen LogP contribution in [0.3, 0.4) is 0 Å². The molecule has 0 spiro atoms. The SMILES string of the molecule is CCCS(=O)(=O)NCCCC1(c2cccnc2)CCCCC1. The lowest BCUT2D eigenvalue weighted by Gasteiger charge is -2.38. The number of rotatable bonds is 8. The van der Waals surface area contributed by atoms with Crippen molar-refractivity contribution < 1.29 is 8.42 Å². The molecule has 2 rings (SSSR count). The van der Waals surface area contributed by atoms with Crippen LogP contribution in [0, 0.1) is 0 Å². The Morgan fingerprint density at radius 2 is 2.05 bits per heavy atom. The number of hydrogen-bond acceptors (Lipinski definition) is 3. The topological polar surface area (TPSA) is 59.1 Å². The highest BCUT2D eigenvalue weighted by atomic mass is 32.2. The maximum Gasteiger partial charge on any atom is 0.211 e. The quantitative estimate of drug-likeness (QED) is 0.746. The summed E-state index contributed by atoms with van der Waals surface area (Å²) >= 11 is 0. The van der Waals surface area contributed by atoms with Crippen molar-refractivity contribution in [1.82, 2.24) is 9.71 Å². The standard InChI is InChI=1S/C17H28N2O2S/c1-2-14-22(20,21)19-13-7-11-17(9-4-3-5-10-17)16-8-6-12-18-15-16/h6,8,12,15,19H,2-5,7,9-11,13-14H2,1H3. The Labute approximate surface area is 134 Å². The smallest absolute Gasteiger partial charge is 0.211 e. The van der Waals surface area contributed by atoms with E-state index < -0.39 is 10.0 Å². The minimum Gasteiger partial charge on any atom is -0.264 e. The van der Waals surface area contributed by atoms with Crippen LogP contribution >= 0.6 is 0 Å². The molecule has 1 aromatic rings. The normalized spacial score (nSPS) is 18.2. The summed E-state index contributed by atoms with van der Waals surface area (Å²) < 4.78 is 26.1. The van der Waals surface area contributed by atoms with Gasteiger partial charge in [0.2, 0.25) is 10.0 Å². The number of pyridine rings is 1. The van der Waals surface area contributed by atoms with Gasteiger partial charge in [-0.05, 0) is 49.1 Å². The summed E-state index contributed by atoms with van der Waals surface area (Å²) in [7, 11) is -3.08. The van der Waals surface area contributed by atoms with E-state index in [-0.39, 0.29) is 11.2 Å². The van der Waals surface area contributed by atoms with E-state index in [0.717, 1.165) is 12.8 Å². The molecule has 0 bridgehead atoms. The van der Waals surface area contributed by atoms with Crippen molar-refractivity contribution in [3.8, 4) is 0 Å². The first kappa shape index (κ1) is 17.4. The summed E-state index contributed by atoms with van der Waals surface area (Å²) in [6.45, 7) is 2.43. The van der Waals surface area contributed by atoms with Gasteiger partial charge in [0.15, 0.2) is 0 Å². The van der Waals surface area contributed by atoms with Gasteiger partial charge in [0.1, 0.15) is 0 Å². The van der Waals surface area contributed by atoms with E-state index in [2.05, 4.69) is 15.8 Å². The second-order valence-corrected chi connectivity index (χ2v) is 8.33. The van der Waals surface area contributed by atoms with E-state index in [0.29, 0.717) is 13.0 Å². The van der Waals surface area contributed by atoms with Crippen molar-refractivity contribution in [2.24, 2.45) is 0 Å². The fraction of sp³-hybridized carbons (Fsp3) is 0.706. The van der Waals surface area contributed by atoms with Gasteiger partial charge >= 0.3 is 0 Å². The molecular formula is C17H28N2O2S. The van der Waals surface area contributed by atoms with Crippen LogP contribution in [-0.2, 0) is 15.4 Å². The van der Waals surface area contributed by atoms with Crippen LogP contribution in [0.4, 0.5) is 0 Å². The summed E-state index contributed by atoms with van der Waals surface area (Å²) in [5.74, 6) is 0.223. The highest BCUT2D eigenvalue weighted by Crippen LogP contribution is 2.42. The van der Waals surface area contributed by atoms with Gasteiger partial charge in [-0.1, -0.05) is 32.3 Å². The van der Waals surface area contributed by atoms with Crippen molar-refractivity contribution in [3.05, 3.63) is 30.1 Å². The fourth-order valence-electron chi connectivity index (χ4n) is 3.58. The highest BCUT2D eigenvalue weighted by molar-refractivity contribution is 7.89. The van der Waals surface area contributed by atoms with Gasteiger partial charge in [0.25, 0.3) is 0 Å². The van der Waals surface area contributed by atoms with Crippen LogP contribution in [0.15, 0.2) is 24.5 Å². The van der Waals surface area contributed by atoms with E-state index in [1.54, 1.807) is 0 Å². The second-order valence-electron chi connectivity index (χ2n) is 6.40. The fourth-order valence-corrected chi connectivity index (χ4v) is 4.72. The Bertz CT molecular complexity index is 537. The predicted molar refractivity (Wildman–Crippen MR) is 90.3 cm³/mol. The molecule has 0 unspecified atom stereocenters. The Kier molecular flexibility index (Phi) is 6.38. The molecule has 1 fully saturated rings. The molecule has 5 heteroatoms. The van der Waals surface area contributed by atoms with Crippen molar-refractivity contribution in [1.29, 1.82) is 0 Å². The van der Waals surface area contributed by atoms with Crippen LogP contribution in [0.2, 0.25) is 0 Å². The zero-order chi connectivity index (χ0) is 15.9. The van der Waals surface area contributed by atoms with Crippen LogP contribution < -0.4 is 4.72 Å². The van der Waals surface area contributed by atoms with Gasteiger partial charge < -0.3 is 0 Å². The summed E-state index contributed by atoms with van der Waals surface area (Å²) in [5, 5.41) is 0. The molecular weight excluding hydrogens is 296 g/mol. The number of nitrogens with one attached hydrogen (secondary N) is 1. The van der Waals surface area contributed by atoms with Gasteiger partial charge in [0.05, 0.1) is 5.75 Å². The molecule has 1 saturated carbocycles. The Hall–Kier alpha value is -0.940. The van der Waals surface area contributed by atoms with Crippen molar-refractivity contribution in [2.45, 2.75) is 63.7 Å². The third-order valence-electron chi connectivity index (χ3n) is 4.71. The molecule has 0 aromatic carbocycles. The zero-order valence-corrected chi connectivity index (χ0v) is 14.4. The van der Waals surface area contributed by atoms with E-state index in [1.807, 2.05) is 25.4 Å². The van der Waals surface area contributed by atoms with Gasteiger partial charge in [-0.3, -0.25) is 4.98 Å². The largest absolute Gasteiger partial charge is 0.264 e. The number of nitrogens with zero attached hydrogens (tertiary/aromatic N) is 1. The third kappa shape index (κ3) is 4.78.